The van der Waals surface area contributed by atoms with Crippen molar-refractivity contribution in [3.63, 3.8) is 0 Å². The molecule has 1 aliphatic rings. The molecular formula is C13H17F3N2O. The van der Waals surface area contributed by atoms with Gasteiger partial charge in [0.15, 0.2) is 0 Å². The molecule has 0 bridgehead atoms. The summed E-state index contributed by atoms with van der Waals surface area (Å²) >= 11 is 0. The first-order valence-electron chi connectivity index (χ1n) is 6.04. The van der Waals surface area contributed by atoms with Crippen LogP contribution < -0.4 is 10.6 Å². The van der Waals surface area contributed by atoms with E-state index in [1.165, 1.54) is 7.11 Å². The minimum absolute atomic E-state index is 0.260. The molecule has 1 aliphatic heterocycles. The number of ether oxygens (including phenoxy) is 1. The molecule has 1 saturated heterocycles. The number of hydrogen-bond acceptors (Lipinski definition) is 3. The summed E-state index contributed by atoms with van der Waals surface area (Å²) in [5.41, 5.74) is 7.08. The van der Waals surface area contributed by atoms with Crippen LogP contribution in [0.3, 0.4) is 0 Å². The molecule has 19 heavy (non-hydrogen) atoms. The van der Waals surface area contributed by atoms with E-state index in [2.05, 4.69) is 0 Å². The first-order chi connectivity index (χ1) is 8.96. The van der Waals surface area contributed by atoms with E-state index >= 15 is 0 Å². The average Bonchev–Trinajstić information content (AvgIpc) is 2.37. The van der Waals surface area contributed by atoms with E-state index in [0.717, 1.165) is 11.3 Å². The molecule has 0 radical (unpaired) electrons. The average molecular weight is 274 g/mol. The van der Waals surface area contributed by atoms with E-state index in [0.29, 0.717) is 0 Å². The molecule has 0 amide bonds. The molecule has 2 rings (SSSR count). The number of rotatable bonds is 5. The van der Waals surface area contributed by atoms with E-state index < -0.39 is 24.7 Å². The Labute approximate surface area is 110 Å². The summed E-state index contributed by atoms with van der Waals surface area (Å²) in [7, 11) is 1.46. The second kappa shape index (κ2) is 5.38. The molecule has 0 spiro atoms. The standard InChI is InChI=1S/C13H17F3N2O/c1-19-12(11(17)6-14)9-2-4-10(5-3-9)18-7-13(15,16)8-18/h2-5,11-12H,6-8,17H2,1H3. The van der Waals surface area contributed by atoms with Crippen molar-refractivity contribution in [3.05, 3.63) is 29.8 Å². The molecule has 0 saturated carbocycles. The van der Waals surface area contributed by atoms with Crippen LogP contribution in [0.25, 0.3) is 0 Å². The van der Waals surface area contributed by atoms with Crippen LogP contribution in [0.15, 0.2) is 24.3 Å². The fourth-order valence-electron chi connectivity index (χ4n) is 2.21. The third kappa shape index (κ3) is 3.01. The van der Waals surface area contributed by atoms with Crippen molar-refractivity contribution >= 4 is 5.69 Å². The molecule has 1 fully saturated rings. The van der Waals surface area contributed by atoms with Crippen LogP contribution in [0.1, 0.15) is 11.7 Å². The van der Waals surface area contributed by atoms with Gasteiger partial charge in [-0.2, -0.15) is 0 Å². The summed E-state index contributed by atoms with van der Waals surface area (Å²) in [5.74, 6) is -2.59. The number of anilines is 1. The van der Waals surface area contributed by atoms with Gasteiger partial charge in [0.1, 0.15) is 6.67 Å². The Bertz CT molecular complexity index is 416. The van der Waals surface area contributed by atoms with Gasteiger partial charge in [0.25, 0.3) is 5.92 Å². The molecule has 0 aliphatic carbocycles. The quantitative estimate of drug-likeness (QED) is 0.894. The van der Waals surface area contributed by atoms with E-state index in [-0.39, 0.29) is 13.1 Å². The van der Waals surface area contributed by atoms with E-state index in [9.17, 15) is 13.2 Å². The normalized spacial score (nSPS) is 20.8. The highest BCUT2D eigenvalue weighted by Gasteiger charge is 2.43. The lowest BCUT2D eigenvalue weighted by Gasteiger charge is -2.40. The van der Waals surface area contributed by atoms with Crippen LogP contribution in [-0.2, 0) is 4.74 Å². The maximum atomic E-state index is 12.8. The molecule has 2 N–H and O–H groups in total. The van der Waals surface area contributed by atoms with Gasteiger partial charge < -0.3 is 15.4 Å². The zero-order valence-electron chi connectivity index (χ0n) is 10.7. The third-order valence-corrected chi connectivity index (χ3v) is 3.25. The van der Waals surface area contributed by atoms with Crippen molar-refractivity contribution in [1.29, 1.82) is 0 Å². The molecule has 6 heteroatoms. The Morgan fingerprint density at radius 1 is 1.32 bits per heavy atom. The molecular weight excluding hydrogens is 257 g/mol. The molecule has 2 atom stereocenters. The number of methoxy groups -OCH3 is 1. The highest BCUT2D eigenvalue weighted by Crippen LogP contribution is 2.32. The SMILES string of the molecule is COC(c1ccc(N2CC(F)(F)C2)cc1)C(N)CF. The molecule has 0 aromatic heterocycles. The first kappa shape index (κ1) is 14.1. The van der Waals surface area contributed by atoms with Crippen molar-refractivity contribution in [1.82, 2.24) is 0 Å². The summed E-state index contributed by atoms with van der Waals surface area (Å²) in [6.07, 6.45) is -0.531. The zero-order chi connectivity index (χ0) is 14.0. The highest BCUT2D eigenvalue weighted by molar-refractivity contribution is 5.51. The Balaban J connectivity index is 2.06. The van der Waals surface area contributed by atoms with Gasteiger partial charge in [0.2, 0.25) is 0 Å². The van der Waals surface area contributed by atoms with E-state index in [4.69, 9.17) is 10.5 Å². The van der Waals surface area contributed by atoms with Crippen molar-refractivity contribution in [2.24, 2.45) is 5.73 Å². The van der Waals surface area contributed by atoms with Gasteiger partial charge in [0.05, 0.1) is 25.2 Å². The fourth-order valence-corrected chi connectivity index (χ4v) is 2.21. The summed E-state index contributed by atoms with van der Waals surface area (Å²) in [5, 5.41) is 0. The highest BCUT2D eigenvalue weighted by atomic mass is 19.3. The Morgan fingerprint density at radius 3 is 2.32 bits per heavy atom. The molecule has 2 unspecified atom stereocenters. The van der Waals surface area contributed by atoms with Gasteiger partial charge in [-0.15, -0.1) is 0 Å². The zero-order valence-corrected chi connectivity index (χ0v) is 10.7. The topological polar surface area (TPSA) is 38.5 Å². The minimum Gasteiger partial charge on any atom is -0.375 e. The van der Waals surface area contributed by atoms with Crippen LogP contribution >= 0.6 is 0 Å². The second-order valence-corrected chi connectivity index (χ2v) is 4.78. The number of hydrogen-bond donors (Lipinski definition) is 1. The van der Waals surface area contributed by atoms with Crippen LogP contribution in [0, 0.1) is 0 Å². The maximum Gasteiger partial charge on any atom is 0.282 e. The molecule has 1 heterocycles. The van der Waals surface area contributed by atoms with Crippen molar-refractivity contribution < 1.29 is 17.9 Å². The molecule has 1 aromatic carbocycles. The lowest BCUT2D eigenvalue weighted by atomic mass is 10.0. The van der Waals surface area contributed by atoms with Crippen LogP contribution in [0.2, 0.25) is 0 Å². The minimum atomic E-state index is -2.59. The number of alkyl halides is 3. The van der Waals surface area contributed by atoms with Crippen LogP contribution in [0.5, 0.6) is 0 Å². The van der Waals surface area contributed by atoms with Gasteiger partial charge in [0, 0.05) is 12.8 Å². The second-order valence-electron chi connectivity index (χ2n) is 4.78. The summed E-state index contributed by atoms with van der Waals surface area (Å²) in [6, 6.07) is 6.18. The largest absolute Gasteiger partial charge is 0.375 e. The monoisotopic (exact) mass is 274 g/mol. The van der Waals surface area contributed by atoms with E-state index in [1.54, 1.807) is 29.2 Å². The number of benzene rings is 1. The smallest absolute Gasteiger partial charge is 0.282 e. The fraction of sp³-hybridized carbons (Fsp3) is 0.538. The van der Waals surface area contributed by atoms with Crippen LogP contribution in [-0.4, -0.2) is 38.8 Å². The maximum absolute atomic E-state index is 12.8. The van der Waals surface area contributed by atoms with Crippen molar-refractivity contribution in [2.45, 2.75) is 18.1 Å². The predicted molar refractivity (Wildman–Crippen MR) is 67.3 cm³/mol. The summed E-state index contributed by atoms with van der Waals surface area (Å²) in [4.78, 5) is 1.58. The van der Waals surface area contributed by atoms with Crippen molar-refractivity contribution in [2.75, 3.05) is 31.8 Å². The van der Waals surface area contributed by atoms with Gasteiger partial charge in [-0.1, -0.05) is 12.1 Å². The van der Waals surface area contributed by atoms with E-state index in [1.807, 2.05) is 0 Å². The summed E-state index contributed by atoms with van der Waals surface area (Å²) in [6.45, 7) is -1.20. The number of halogens is 3. The van der Waals surface area contributed by atoms with Crippen molar-refractivity contribution in [3.8, 4) is 0 Å². The lowest BCUT2D eigenvalue weighted by molar-refractivity contribution is -0.0262. The van der Waals surface area contributed by atoms with Crippen LogP contribution in [0.4, 0.5) is 18.9 Å². The summed E-state index contributed by atoms with van der Waals surface area (Å²) < 4.78 is 43.3. The van der Waals surface area contributed by atoms with Gasteiger partial charge >= 0.3 is 0 Å². The van der Waals surface area contributed by atoms with Gasteiger partial charge in [-0.3, -0.25) is 0 Å². The molecule has 106 valence electrons. The lowest BCUT2D eigenvalue weighted by Crippen LogP contribution is -2.56. The van der Waals surface area contributed by atoms with Gasteiger partial charge in [-0.25, -0.2) is 13.2 Å². The Morgan fingerprint density at radius 2 is 1.89 bits per heavy atom. The van der Waals surface area contributed by atoms with Gasteiger partial charge in [-0.05, 0) is 17.7 Å². The Hall–Kier alpha value is -1.27. The number of nitrogens with two attached hydrogens (primary N) is 1. The Kier molecular flexibility index (Phi) is 4.01. The first-order valence-corrected chi connectivity index (χ1v) is 6.04. The molecule has 3 nitrogen and oxygen atoms in total. The molecule has 1 aromatic rings. The predicted octanol–water partition coefficient (Wildman–Crippen LogP) is 2.13. The number of nitrogens with zero attached hydrogens (tertiary/aromatic N) is 1. The third-order valence-electron chi connectivity index (χ3n) is 3.25.